The third-order valence-electron chi connectivity index (χ3n) is 2.98. The van der Waals surface area contributed by atoms with E-state index in [1.54, 1.807) is 6.07 Å². The largest absolute Gasteiger partial charge is 0.319 e. The molecule has 0 aliphatic heterocycles. The zero-order valence-electron chi connectivity index (χ0n) is 12.0. The standard InChI is InChI=1S/C16H9ClFN3O3/c17-13-6-5-12(21(23)24)8-10(13)7-11(9-19)16(22)20-15-4-2-1-3-14(15)18/h1-8H,(H,20,22)/b11-7+. The van der Waals surface area contributed by atoms with Crippen molar-refractivity contribution in [1.82, 2.24) is 0 Å². The van der Waals surface area contributed by atoms with Gasteiger partial charge in [0.2, 0.25) is 0 Å². The van der Waals surface area contributed by atoms with E-state index in [4.69, 9.17) is 16.9 Å². The summed E-state index contributed by atoms with van der Waals surface area (Å²) in [6.07, 6.45) is 1.10. The molecule has 0 fully saturated rings. The van der Waals surface area contributed by atoms with Crippen LogP contribution in [0.15, 0.2) is 48.0 Å². The smallest absolute Gasteiger partial charge is 0.270 e. The highest BCUT2D eigenvalue weighted by Gasteiger charge is 2.14. The highest BCUT2D eigenvalue weighted by atomic mass is 35.5. The molecule has 0 aliphatic rings. The summed E-state index contributed by atoms with van der Waals surface area (Å²) in [5.74, 6) is -1.51. The number of nitrogens with one attached hydrogen (secondary N) is 1. The van der Waals surface area contributed by atoms with Crippen LogP contribution in [0.25, 0.3) is 6.08 Å². The van der Waals surface area contributed by atoms with Gasteiger partial charge >= 0.3 is 0 Å². The van der Waals surface area contributed by atoms with E-state index in [2.05, 4.69) is 5.32 Å². The summed E-state index contributed by atoms with van der Waals surface area (Å²) < 4.78 is 13.5. The van der Waals surface area contributed by atoms with Crippen LogP contribution in [0.5, 0.6) is 0 Å². The highest BCUT2D eigenvalue weighted by Crippen LogP contribution is 2.24. The first-order valence-corrected chi connectivity index (χ1v) is 6.92. The molecule has 0 heterocycles. The molecule has 2 aromatic rings. The van der Waals surface area contributed by atoms with Gasteiger partial charge in [0.25, 0.3) is 11.6 Å². The topological polar surface area (TPSA) is 96.0 Å². The second-order valence-corrected chi connectivity index (χ2v) is 4.97. The predicted molar refractivity (Wildman–Crippen MR) is 86.7 cm³/mol. The minimum atomic E-state index is -0.856. The van der Waals surface area contributed by atoms with Crippen molar-refractivity contribution in [2.24, 2.45) is 0 Å². The summed E-state index contributed by atoms with van der Waals surface area (Å²) in [5, 5.41) is 22.3. The molecule has 0 unspecified atom stereocenters. The lowest BCUT2D eigenvalue weighted by molar-refractivity contribution is -0.384. The van der Waals surface area contributed by atoms with Gasteiger partial charge in [0.05, 0.1) is 10.6 Å². The number of halogens is 2. The first-order chi connectivity index (χ1) is 11.4. The van der Waals surface area contributed by atoms with E-state index >= 15 is 0 Å². The average Bonchev–Trinajstić information content (AvgIpc) is 2.55. The number of nitriles is 1. The molecule has 2 rings (SSSR count). The van der Waals surface area contributed by atoms with Gasteiger partial charge in [-0.1, -0.05) is 23.7 Å². The van der Waals surface area contributed by atoms with Crippen molar-refractivity contribution < 1.29 is 14.1 Å². The Morgan fingerprint density at radius 1 is 1.33 bits per heavy atom. The number of nitro benzene ring substituents is 1. The first-order valence-electron chi connectivity index (χ1n) is 6.54. The number of nitro groups is 1. The Bertz CT molecular complexity index is 890. The van der Waals surface area contributed by atoms with Gasteiger partial charge in [0, 0.05) is 22.7 Å². The van der Waals surface area contributed by atoms with E-state index in [-0.39, 0.29) is 27.5 Å². The van der Waals surface area contributed by atoms with Crippen LogP contribution in [-0.4, -0.2) is 10.8 Å². The molecule has 120 valence electrons. The fourth-order valence-corrected chi connectivity index (χ4v) is 1.98. The molecule has 0 aliphatic carbocycles. The molecule has 24 heavy (non-hydrogen) atoms. The molecule has 6 nitrogen and oxygen atoms in total. The van der Waals surface area contributed by atoms with Crippen molar-refractivity contribution in [2.75, 3.05) is 5.32 Å². The van der Waals surface area contributed by atoms with E-state index in [0.29, 0.717) is 0 Å². The molecule has 0 aromatic heterocycles. The van der Waals surface area contributed by atoms with E-state index in [1.165, 1.54) is 30.3 Å². The minimum absolute atomic E-state index is 0.0891. The SMILES string of the molecule is N#C/C(=C\c1cc([N+](=O)[O-])ccc1Cl)C(=O)Nc1ccccc1F. The van der Waals surface area contributed by atoms with Crippen LogP contribution in [0.2, 0.25) is 5.02 Å². The number of rotatable bonds is 4. The van der Waals surface area contributed by atoms with Crippen molar-refractivity contribution in [1.29, 1.82) is 5.26 Å². The molecular formula is C16H9ClFN3O3. The zero-order chi connectivity index (χ0) is 17.7. The average molecular weight is 346 g/mol. The van der Waals surface area contributed by atoms with E-state index in [9.17, 15) is 19.3 Å². The summed E-state index contributed by atoms with van der Waals surface area (Å²) in [5.41, 5.74) is -0.571. The highest BCUT2D eigenvalue weighted by molar-refractivity contribution is 6.32. The summed E-state index contributed by atoms with van der Waals surface area (Å²) in [6, 6.07) is 10.8. The maximum atomic E-state index is 13.5. The molecule has 0 saturated heterocycles. The van der Waals surface area contributed by atoms with Crippen LogP contribution < -0.4 is 5.32 Å². The van der Waals surface area contributed by atoms with Crippen LogP contribution in [0, 0.1) is 27.3 Å². The second kappa shape index (κ2) is 7.35. The van der Waals surface area contributed by atoms with Gasteiger partial charge in [-0.3, -0.25) is 14.9 Å². The Labute approximate surface area is 140 Å². The van der Waals surface area contributed by atoms with E-state index in [0.717, 1.165) is 18.2 Å². The van der Waals surface area contributed by atoms with E-state index < -0.39 is 16.6 Å². The van der Waals surface area contributed by atoms with Crippen LogP contribution in [0.3, 0.4) is 0 Å². The lowest BCUT2D eigenvalue weighted by Crippen LogP contribution is -2.14. The molecule has 0 atom stereocenters. The summed E-state index contributed by atoms with van der Waals surface area (Å²) in [4.78, 5) is 22.2. The van der Waals surface area contributed by atoms with Crippen molar-refractivity contribution in [3.63, 3.8) is 0 Å². The number of non-ortho nitro benzene ring substituents is 1. The second-order valence-electron chi connectivity index (χ2n) is 4.57. The predicted octanol–water partition coefficient (Wildman–Crippen LogP) is 3.93. The third kappa shape index (κ3) is 3.94. The zero-order valence-corrected chi connectivity index (χ0v) is 12.7. The maximum absolute atomic E-state index is 13.5. The molecule has 2 aromatic carbocycles. The molecule has 0 spiro atoms. The minimum Gasteiger partial charge on any atom is -0.319 e. The van der Waals surface area contributed by atoms with Crippen LogP contribution in [0.4, 0.5) is 15.8 Å². The Balaban J connectivity index is 2.34. The van der Waals surface area contributed by atoms with Gasteiger partial charge in [-0.15, -0.1) is 0 Å². The lowest BCUT2D eigenvalue weighted by Gasteiger charge is -2.05. The van der Waals surface area contributed by atoms with Crippen molar-refractivity contribution in [3.8, 4) is 6.07 Å². The fraction of sp³-hybridized carbons (Fsp3) is 0. The quantitative estimate of drug-likeness (QED) is 0.393. The first kappa shape index (κ1) is 17.1. The number of para-hydroxylation sites is 1. The van der Waals surface area contributed by atoms with Crippen molar-refractivity contribution in [2.45, 2.75) is 0 Å². The van der Waals surface area contributed by atoms with Gasteiger partial charge in [0.1, 0.15) is 17.5 Å². The van der Waals surface area contributed by atoms with E-state index in [1.807, 2.05) is 0 Å². The number of benzene rings is 2. The van der Waals surface area contributed by atoms with Gasteiger partial charge in [-0.05, 0) is 24.3 Å². The lowest BCUT2D eigenvalue weighted by atomic mass is 10.1. The van der Waals surface area contributed by atoms with Gasteiger partial charge in [0.15, 0.2) is 0 Å². The Kier molecular flexibility index (Phi) is 5.24. The number of hydrogen-bond donors (Lipinski definition) is 1. The van der Waals surface area contributed by atoms with Crippen LogP contribution >= 0.6 is 11.6 Å². The van der Waals surface area contributed by atoms with Gasteiger partial charge in [-0.2, -0.15) is 5.26 Å². The molecule has 0 bridgehead atoms. The number of hydrogen-bond acceptors (Lipinski definition) is 4. The molecule has 1 amide bonds. The van der Waals surface area contributed by atoms with Gasteiger partial charge in [-0.25, -0.2) is 4.39 Å². The molecular weight excluding hydrogens is 337 g/mol. The van der Waals surface area contributed by atoms with Crippen molar-refractivity contribution in [3.05, 3.63) is 74.6 Å². The molecule has 1 N–H and O–H groups in total. The number of carbonyl (C=O) groups is 1. The maximum Gasteiger partial charge on any atom is 0.270 e. The number of anilines is 1. The number of amides is 1. The number of nitrogens with zero attached hydrogens (tertiary/aromatic N) is 2. The summed E-state index contributed by atoms with van der Waals surface area (Å²) >= 11 is 5.92. The Morgan fingerprint density at radius 2 is 2.04 bits per heavy atom. The monoisotopic (exact) mass is 345 g/mol. The molecule has 0 radical (unpaired) electrons. The molecule has 8 heteroatoms. The third-order valence-corrected chi connectivity index (χ3v) is 3.32. The number of carbonyl (C=O) groups excluding carboxylic acids is 1. The molecule has 0 saturated carbocycles. The summed E-state index contributed by atoms with van der Waals surface area (Å²) in [6.45, 7) is 0. The van der Waals surface area contributed by atoms with Gasteiger partial charge < -0.3 is 5.32 Å². The fourth-order valence-electron chi connectivity index (χ4n) is 1.81. The summed E-state index contributed by atoms with van der Waals surface area (Å²) in [7, 11) is 0. The van der Waals surface area contributed by atoms with Crippen molar-refractivity contribution >= 4 is 35.0 Å². The Hall–Kier alpha value is -3.24. The Morgan fingerprint density at radius 3 is 2.67 bits per heavy atom. The van der Waals surface area contributed by atoms with Crippen LogP contribution in [-0.2, 0) is 4.79 Å². The normalized spacial score (nSPS) is 10.8. The van der Waals surface area contributed by atoms with Crippen LogP contribution in [0.1, 0.15) is 5.56 Å².